The fraction of sp³-hybridized carbons (Fsp3) is 0.294. The van der Waals surface area contributed by atoms with E-state index in [1.54, 1.807) is 11.0 Å². The molecular weight excluding hydrogens is 325 g/mol. The van der Waals surface area contributed by atoms with Crippen molar-refractivity contribution in [1.29, 1.82) is 0 Å². The lowest BCUT2D eigenvalue weighted by molar-refractivity contribution is -0.129. The van der Waals surface area contributed by atoms with Crippen molar-refractivity contribution in [3.63, 3.8) is 0 Å². The first-order valence-electron chi connectivity index (χ1n) is 7.86. The molecule has 130 valence electrons. The summed E-state index contributed by atoms with van der Waals surface area (Å²) in [7, 11) is 0. The van der Waals surface area contributed by atoms with E-state index in [0.717, 1.165) is 11.1 Å². The molecule has 2 aromatic rings. The Bertz CT molecular complexity index is 826. The third kappa shape index (κ3) is 3.73. The molecule has 0 radical (unpaired) electrons. The number of hydrogen-bond donors (Lipinski definition) is 2. The van der Waals surface area contributed by atoms with E-state index in [-0.39, 0.29) is 23.5 Å². The quantitative estimate of drug-likeness (QED) is 0.882. The number of carbonyl (C=O) groups is 2. The number of fused-ring (bicyclic) bond motifs is 1. The van der Waals surface area contributed by atoms with Crippen LogP contribution in [0, 0.1) is 5.82 Å². The zero-order valence-corrected chi connectivity index (χ0v) is 13.7. The second kappa shape index (κ2) is 6.84. The smallest absolute Gasteiger partial charge is 0.268 e. The third-order valence-electron chi connectivity index (χ3n) is 4.18. The average molecular weight is 343 g/mol. The van der Waals surface area contributed by atoms with Gasteiger partial charge in [0.2, 0.25) is 5.91 Å². The molecule has 1 atom stereocenters. The lowest BCUT2D eigenvalue weighted by atomic mass is 9.99. The van der Waals surface area contributed by atoms with Gasteiger partial charge in [0, 0.05) is 20.0 Å². The molecule has 0 saturated carbocycles. The Balaban J connectivity index is 1.92. The number of carbonyl (C=O) groups excluding carboxylic acids is 2. The number of aromatic nitrogens is 2. The van der Waals surface area contributed by atoms with Crippen LogP contribution in [0.15, 0.2) is 30.6 Å². The van der Waals surface area contributed by atoms with Crippen LogP contribution in [0.4, 0.5) is 10.2 Å². The normalized spacial score (nSPS) is 16.7. The molecule has 1 aromatic heterocycles. The van der Waals surface area contributed by atoms with Gasteiger partial charge in [0.1, 0.15) is 17.3 Å². The molecule has 2 amide bonds. The maximum Gasteiger partial charge on any atom is 0.268 e. The molecule has 1 unspecified atom stereocenters. The van der Waals surface area contributed by atoms with Crippen LogP contribution in [0.2, 0.25) is 0 Å². The first-order valence-corrected chi connectivity index (χ1v) is 7.86. The monoisotopic (exact) mass is 343 g/mol. The van der Waals surface area contributed by atoms with Crippen molar-refractivity contribution in [2.75, 3.05) is 11.9 Å². The maximum absolute atomic E-state index is 13.7. The van der Waals surface area contributed by atoms with E-state index >= 15 is 0 Å². The third-order valence-corrected chi connectivity index (χ3v) is 4.18. The second-order valence-corrected chi connectivity index (χ2v) is 5.92. The maximum atomic E-state index is 13.7. The summed E-state index contributed by atoms with van der Waals surface area (Å²) in [6.45, 7) is 2.37. The lowest BCUT2D eigenvalue weighted by Crippen LogP contribution is -2.28. The van der Waals surface area contributed by atoms with Gasteiger partial charge in [-0.05, 0) is 29.7 Å². The topological polar surface area (TPSA) is 101 Å². The van der Waals surface area contributed by atoms with E-state index in [1.165, 1.54) is 31.5 Å². The summed E-state index contributed by atoms with van der Waals surface area (Å²) in [4.78, 5) is 32.8. The van der Waals surface area contributed by atoms with Gasteiger partial charge in [-0.25, -0.2) is 9.37 Å². The van der Waals surface area contributed by atoms with Crippen LogP contribution in [-0.4, -0.2) is 33.2 Å². The molecule has 0 spiro atoms. The van der Waals surface area contributed by atoms with E-state index < -0.39 is 5.91 Å². The van der Waals surface area contributed by atoms with Crippen molar-refractivity contribution in [2.45, 2.75) is 25.9 Å². The Kier molecular flexibility index (Phi) is 4.60. The highest BCUT2D eigenvalue weighted by atomic mass is 19.1. The van der Waals surface area contributed by atoms with E-state index in [0.29, 0.717) is 25.3 Å². The molecule has 2 heterocycles. The molecule has 0 bridgehead atoms. The van der Waals surface area contributed by atoms with E-state index in [4.69, 9.17) is 5.73 Å². The number of benzene rings is 1. The van der Waals surface area contributed by atoms with E-state index in [9.17, 15) is 14.0 Å². The van der Waals surface area contributed by atoms with Crippen molar-refractivity contribution in [2.24, 2.45) is 5.73 Å². The van der Waals surface area contributed by atoms with Crippen molar-refractivity contribution < 1.29 is 14.0 Å². The molecular formula is C17H18FN5O2. The molecule has 3 rings (SSSR count). The van der Waals surface area contributed by atoms with Gasteiger partial charge in [-0.2, -0.15) is 0 Å². The van der Waals surface area contributed by atoms with Gasteiger partial charge in [0.05, 0.1) is 18.4 Å². The molecule has 1 aliphatic heterocycles. The van der Waals surface area contributed by atoms with Gasteiger partial charge in [-0.3, -0.25) is 14.6 Å². The number of halogens is 1. The minimum Gasteiger partial charge on any atom is -0.364 e. The van der Waals surface area contributed by atoms with Gasteiger partial charge < -0.3 is 16.0 Å². The van der Waals surface area contributed by atoms with Crippen LogP contribution in [0.1, 0.15) is 41.0 Å². The highest BCUT2D eigenvalue weighted by Gasteiger charge is 2.24. The Labute approximate surface area is 144 Å². The number of hydrogen-bond acceptors (Lipinski definition) is 5. The highest BCUT2D eigenvalue weighted by Crippen LogP contribution is 2.30. The Morgan fingerprint density at radius 1 is 1.36 bits per heavy atom. The van der Waals surface area contributed by atoms with Crippen molar-refractivity contribution in [1.82, 2.24) is 14.9 Å². The highest BCUT2D eigenvalue weighted by molar-refractivity contribution is 5.90. The molecule has 7 nitrogen and oxygen atoms in total. The summed E-state index contributed by atoms with van der Waals surface area (Å²) in [5.74, 6) is -0.681. The lowest BCUT2D eigenvalue weighted by Gasteiger charge is -2.20. The average Bonchev–Trinajstić information content (AvgIpc) is 2.74. The molecule has 25 heavy (non-hydrogen) atoms. The van der Waals surface area contributed by atoms with Crippen LogP contribution in [-0.2, 0) is 11.3 Å². The first kappa shape index (κ1) is 16.8. The minimum absolute atomic E-state index is 0.0586. The van der Waals surface area contributed by atoms with Crippen LogP contribution in [0.25, 0.3) is 0 Å². The minimum atomic E-state index is -0.665. The van der Waals surface area contributed by atoms with Gasteiger partial charge >= 0.3 is 0 Å². The number of nitrogens with zero attached hydrogens (tertiary/aromatic N) is 3. The number of amides is 2. The van der Waals surface area contributed by atoms with Crippen LogP contribution in [0.3, 0.4) is 0 Å². The van der Waals surface area contributed by atoms with Crippen LogP contribution >= 0.6 is 0 Å². The molecule has 0 aliphatic carbocycles. The predicted molar refractivity (Wildman–Crippen MR) is 89.0 cm³/mol. The second-order valence-electron chi connectivity index (χ2n) is 5.92. The Morgan fingerprint density at radius 3 is 2.88 bits per heavy atom. The fourth-order valence-electron chi connectivity index (χ4n) is 2.93. The number of nitrogens with two attached hydrogens (primary N) is 1. The fourth-order valence-corrected chi connectivity index (χ4v) is 2.93. The van der Waals surface area contributed by atoms with E-state index in [1.807, 2.05) is 0 Å². The van der Waals surface area contributed by atoms with Crippen LogP contribution < -0.4 is 11.1 Å². The van der Waals surface area contributed by atoms with Gasteiger partial charge in [0.25, 0.3) is 5.91 Å². The van der Waals surface area contributed by atoms with Crippen molar-refractivity contribution in [3.05, 3.63) is 53.2 Å². The molecule has 3 N–H and O–H groups in total. The number of rotatable bonds is 3. The zero-order valence-electron chi connectivity index (χ0n) is 13.7. The Hall–Kier alpha value is -3.03. The Morgan fingerprint density at radius 2 is 2.16 bits per heavy atom. The molecule has 0 saturated heterocycles. The summed E-state index contributed by atoms with van der Waals surface area (Å²) in [5.41, 5.74) is 6.91. The van der Waals surface area contributed by atoms with Gasteiger partial charge in [-0.1, -0.05) is 6.07 Å². The summed E-state index contributed by atoms with van der Waals surface area (Å²) in [6, 6.07) is 4.34. The van der Waals surface area contributed by atoms with Gasteiger partial charge in [0.15, 0.2) is 0 Å². The largest absolute Gasteiger partial charge is 0.364 e. The number of anilines is 1. The number of primary amides is 1. The van der Waals surface area contributed by atoms with Crippen LogP contribution in [0.5, 0.6) is 0 Å². The summed E-state index contributed by atoms with van der Waals surface area (Å²) < 4.78 is 13.7. The predicted octanol–water partition coefficient (Wildman–Crippen LogP) is 1.62. The summed E-state index contributed by atoms with van der Waals surface area (Å²) in [6.07, 6.45) is 3.39. The zero-order chi connectivity index (χ0) is 18.0. The standard InChI is InChI=1S/C17H18FN5O2/c1-10(24)23-5-4-14(13-3-2-12(18)6-11(13)9-23)21-16-8-20-7-15(22-16)17(19)25/h2-3,6-8,14H,4-5,9H2,1H3,(H2,19,25)(H,21,22). The molecule has 8 heteroatoms. The van der Waals surface area contributed by atoms with E-state index in [2.05, 4.69) is 15.3 Å². The van der Waals surface area contributed by atoms with Crippen molar-refractivity contribution >= 4 is 17.6 Å². The molecule has 1 aromatic carbocycles. The van der Waals surface area contributed by atoms with Gasteiger partial charge in [-0.15, -0.1) is 0 Å². The summed E-state index contributed by atoms with van der Waals surface area (Å²) >= 11 is 0. The molecule has 0 fully saturated rings. The summed E-state index contributed by atoms with van der Waals surface area (Å²) in [5, 5.41) is 3.21. The van der Waals surface area contributed by atoms with Crippen molar-refractivity contribution in [3.8, 4) is 0 Å². The SMILES string of the molecule is CC(=O)N1CCC(Nc2cncc(C(N)=O)n2)c2ccc(F)cc2C1. The number of nitrogens with one attached hydrogen (secondary N) is 1. The first-order chi connectivity index (χ1) is 11.9. The molecule has 1 aliphatic rings.